The fraction of sp³-hybridized carbons (Fsp3) is 0.440. The minimum absolute atomic E-state index is 0.193. The molecule has 5 rings (SSSR count). The summed E-state index contributed by atoms with van der Waals surface area (Å²) in [6.07, 6.45) is 2.66. The van der Waals surface area contributed by atoms with Crippen molar-refractivity contribution < 1.29 is 32.7 Å². The average Bonchev–Trinajstić information content (AvgIpc) is 3.24. The Morgan fingerprint density at radius 2 is 1.95 bits per heavy atom. The molecule has 1 aromatic carbocycles. The van der Waals surface area contributed by atoms with Crippen molar-refractivity contribution in [3.63, 3.8) is 0 Å². The topological polar surface area (TPSA) is 116 Å². The second kappa shape index (κ2) is 9.07. The van der Waals surface area contributed by atoms with Crippen molar-refractivity contribution in [2.45, 2.75) is 50.4 Å². The summed E-state index contributed by atoms with van der Waals surface area (Å²) in [7, 11) is 3.65. The zero-order valence-corrected chi connectivity index (χ0v) is 20.9. The summed E-state index contributed by atoms with van der Waals surface area (Å²) in [4.78, 5) is 48.7. The number of nitrogens with one attached hydrogen (secondary N) is 1. The number of amidine groups is 1. The van der Waals surface area contributed by atoms with Gasteiger partial charge in [0, 0.05) is 57.1 Å². The molecule has 0 saturated carbocycles. The number of hydrogen-bond acceptors (Lipinski definition) is 7. The summed E-state index contributed by atoms with van der Waals surface area (Å²) >= 11 is 0. The molecule has 1 spiro atoms. The van der Waals surface area contributed by atoms with Crippen molar-refractivity contribution in [3.05, 3.63) is 62.8 Å². The maximum atomic E-state index is 14.0. The van der Waals surface area contributed by atoms with Gasteiger partial charge in [0.25, 0.3) is 11.8 Å². The van der Waals surface area contributed by atoms with Crippen LogP contribution in [0.15, 0.2) is 28.3 Å². The largest absolute Gasteiger partial charge is 0.503 e. The van der Waals surface area contributed by atoms with E-state index < -0.39 is 69.8 Å². The molecule has 0 aliphatic carbocycles. The number of carbonyl (C=O) groups excluding carboxylic acids is 2. The standard InChI is InChI=1S/C25H26F3N5O5/c1-12-4-5-25(8-19(30-38-25)31(2)3)18-11-32(12)24(37)20-22(35)21(34)15(10-33(18)20)23(36)29-9-14-16(27)6-13(26)7-17(14)28/h6-7,10,12,18,35H,4-5,8-9,11H2,1-3H3,(H,29,36)/t12-,18+,25-/m0/s1. The van der Waals surface area contributed by atoms with E-state index in [4.69, 9.17) is 4.84 Å². The van der Waals surface area contributed by atoms with Gasteiger partial charge in [0.15, 0.2) is 17.0 Å². The number of aromatic nitrogens is 1. The first-order valence-electron chi connectivity index (χ1n) is 12.1. The van der Waals surface area contributed by atoms with Crippen molar-refractivity contribution >= 4 is 17.6 Å². The van der Waals surface area contributed by atoms with Crippen LogP contribution in [0.3, 0.4) is 0 Å². The fourth-order valence-electron chi connectivity index (χ4n) is 5.34. The normalized spacial score (nSPS) is 24.0. The van der Waals surface area contributed by atoms with E-state index in [-0.39, 0.29) is 18.3 Å². The molecule has 2 amide bonds. The van der Waals surface area contributed by atoms with Crippen LogP contribution in [0.25, 0.3) is 0 Å². The molecule has 2 bridgehead atoms. The highest BCUT2D eigenvalue weighted by atomic mass is 19.1. The van der Waals surface area contributed by atoms with Crippen molar-refractivity contribution in [1.29, 1.82) is 0 Å². The van der Waals surface area contributed by atoms with Crippen LogP contribution in [0.2, 0.25) is 0 Å². The molecular weight excluding hydrogens is 507 g/mol. The molecule has 10 nitrogen and oxygen atoms in total. The summed E-state index contributed by atoms with van der Waals surface area (Å²) in [6.45, 7) is 1.38. The number of fused-ring (bicyclic) bond motifs is 5. The maximum Gasteiger partial charge on any atom is 0.274 e. The van der Waals surface area contributed by atoms with E-state index >= 15 is 0 Å². The molecule has 202 valence electrons. The van der Waals surface area contributed by atoms with Gasteiger partial charge in [-0.05, 0) is 19.8 Å². The van der Waals surface area contributed by atoms with Crippen LogP contribution >= 0.6 is 0 Å². The first kappa shape index (κ1) is 25.6. The molecular formula is C25H26F3N5O5. The average molecular weight is 534 g/mol. The number of nitrogens with zero attached hydrogens (tertiary/aromatic N) is 4. The Morgan fingerprint density at radius 1 is 1.26 bits per heavy atom. The van der Waals surface area contributed by atoms with Gasteiger partial charge < -0.3 is 29.6 Å². The molecule has 3 aliphatic rings. The SMILES string of the molecule is C[C@H]1CC[C@]2(CC(N(C)C)=NO2)[C@H]2CN1C(=O)c1c(O)c(=O)c(C(=O)NCc3c(F)cc(F)cc3F)cn12. The van der Waals surface area contributed by atoms with Crippen molar-refractivity contribution in [1.82, 2.24) is 19.7 Å². The third-order valence-electron chi connectivity index (χ3n) is 7.59. The molecule has 4 heterocycles. The molecule has 1 fully saturated rings. The maximum absolute atomic E-state index is 14.0. The summed E-state index contributed by atoms with van der Waals surface area (Å²) in [5, 5.41) is 17.3. The first-order chi connectivity index (χ1) is 17.9. The number of pyridine rings is 1. The van der Waals surface area contributed by atoms with E-state index in [0.717, 1.165) is 0 Å². The predicted octanol–water partition coefficient (Wildman–Crippen LogP) is 2.11. The molecule has 3 atom stereocenters. The smallest absolute Gasteiger partial charge is 0.274 e. The van der Waals surface area contributed by atoms with E-state index in [1.54, 1.807) is 4.90 Å². The Labute approximate surface area is 215 Å². The third kappa shape index (κ3) is 3.96. The van der Waals surface area contributed by atoms with Crippen LogP contribution in [0.4, 0.5) is 13.2 Å². The fourth-order valence-corrected chi connectivity index (χ4v) is 5.34. The number of oxime groups is 1. The van der Waals surface area contributed by atoms with Crippen molar-refractivity contribution in [3.8, 4) is 5.75 Å². The van der Waals surface area contributed by atoms with E-state index in [9.17, 15) is 32.7 Å². The molecule has 0 unspecified atom stereocenters. The lowest BCUT2D eigenvalue weighted by Gasteiger charge is -2.41. The van der Waals surface area contributed by atoms with Crippen molar-refractivity contribution in [2.75, 3.05) is 20.6 Å². The van der Waals surface area contributed by atoms with Gasteiger partial charge in [-0.3, -0.25) is 14.4 Å². The molecule has 1 aromatic heterocycles. The Balaban J connectivity index is 1.55. The third-order valence-corrected chi connectivity index (χ3v) is 7.59. The van der Waals surface area contributed by atoms with E-state index in [0.29, 0.717) is 37.2 Å². The Kier molecular flexibility index (Phi) is 6.11. The van der Waals surface area contributed by atoms with Gasteiger partial charge in [-0.2, -0.15) is 0 Å². The van der Waals surface area contributed by atoms with E-state index in [1.165, 1.54) is 10.8 Å². The zero-order valence-electron chi connectivity index (χ0n) is 20.9. The summed E-state index contributed by atoms with van der Waals surface area (Å²) in [6, 6.07) is 0.133. The highest BCUT2D eigenvalue weighted by Gasteiger charge is 2.54. The lowest BCUT2D eigenvalue weighted by atomic mass is 9.85. The number of benzene rings is 1. The highest BCUT2D eigenvalue weighted by Crippen LogP contribution is 2.46. The number of hydrogen-bond donors (Lipinski definition) is 2. The second-order valence-electron chi connectivity index (χ2n) is 10.1. The van der Waals surface area contributed by atoms with Gasteiger partial charge in [0.05, 0.1) is 12.5 Å². The minimum Gasteiger partial charge on any atom is -0.503 e. The second-order valence-corrected chi connectivity index (χ2v) is 10.1. The Bertz CT molecular complexity index is 1420. The van der Waals surface area contributed by atoms with Crippen LogP contribution in [0.1, 0.15) is 58.6 Å². The number of rotatable bonds is 3. The van der Waals surface area contributed by atoms with Gasteiger partial charge >= 0.3 is 0 Å². The predicted molar refractivity (Wildman–Crippen MR) is 128 cm³/mol. The molecule has 13 heteroatoms. The van der Waals surface area contributed by atoms with Gasteiger partial charge in [-0.15, -0.1) is 0 Å². The van der Waals surface area contributed by atoms with Gasteiger partial charge in [0.2, 0.25) is 5.43 Å². The Hall–Kier alpha value is -4.03. The molecule has 3 aliphatic heterocycles. The lowest BCUT2D eigenvalue weighted by Crippen LogP contribution is -2.52. The quantitative estimate of drug-likeness (QED) is 0.625. The minimum atomic E-state index is -1.21. The number of halogens is 3. The van der Waals surface area contributed by atoms with Gasteiger partial charge in [0.1, 0.15) is 28.9 Å². The zero-order chi connectivity index (χ0) is 27.5. The molecule has 38 heavy (non-hydrogen) atoms. The lowest BCUT2D eigenvalue weighted by molar-refractivity contribution is -0.0655. The van der Waals surface area contributed by atoms with Crippen LogP contribution in [-0.4, -0.2) is 69.4 Å². The van der Waals surface area contributed by atoms with Crippen LogP contribution < -0.4 is 10.7 Å². The summed E-state index contributed by atoms with van der Waals surface area (Å²) < 4.78 is 42.7. The van der Waals surface area contributed by atoms with Gasteiger partial charge in [-0.1, -0.05) is 5.16 Å². The molecule has 2 N–H and O–H groups in total. The summed E-state index contributed by atoms with van der Waals surface area (Å²) in [5.41, 5.74) is -3.42. The number of carbonyl (C=O) groups is 2. The monoisotopic (exact) mass is 533 g/mol. The molecule has 2 aromatic rings. The molecule has 1 saturated heterocycles. The van der Waals surface area contributed by atoms with Crippen molar-refractivity contribution in [2.24, 2.45) is 5.16 Å². The highest BCUT2D eigenvalue weighted by molar-refractivity contribution is 5.99. The number of aromatic hydroxyl groups is 1. The molecule has 0 radical (unpaired) electrons. The summed E-state index contributed by atoms with van der Waals surface area (Å²) in [5.74, 6) is -5.36. The Morgan fingerprint density at radius 3 is 2.58 bits per heavy atom. The first-order valence-corrected chi connectivity index (χ1v) is 12.1. The van der Waals surface area contributed by atoms with Crippen LogP contribution in [-0.2, 0) is 11.4 Å². The van der Waals surface area contributed by atoms with Crippen LogP contribution in [0, 0.1) is 17.5 Å². The van der Waals surface area contributed by atoms with E-state index in [2.05, 4.69) is 10.5 Å². The van der Waals surface area contributed by atoms with E-state index in [1.807, 2.05) is 25.9 Å². The van der Waals surface area contributed by atoms with Crippen LogP contribution in [0.5, 0.6) is 5.75 Å². The van der Waals surface area contributed by atoms with Gasteiger partial charge in [-0.25, -0.2) is 13.2 Å². The number of amides is 2.